The largest absolute Gasteiger partial charge is 0.454 e. The van der Waals surface area contributed by atoms with E-state index in [-0.39, 0.29) is 6.29 Å². The van der Waals surface area contributed by atoms with Gasteiger partial charge in [0, 0.05) is 11.8 Å². The Morgan fingerprint density at radius 2 is 2.06 bits per heavy atom. The number of hydrogen-bond acceptors (Lipinski definition) is 3. The molecule has 0 saturated heterocycles. The molecule has 17 heavy (non-hydrogen) atoms. The van der Waals surface area contributed by atoms with Crippen LogP contribution in [-0.2, 0) is 15.9 Å². The molecule has 1 aliphatic rings. The van der Waals surface area contributed by atoms with Gasteiger partial charge in [-0.25, -0.2) is 0 Å². The second-order valence-electron chi connectivity index (χ2n) is 3.79. The third-order valence-electron chi connectivity index (χ3n) is 2.53. The number of hydrogen-bond donors (Lipinski definition) is 0. The lowest BCUT2D eigenvalue weighted by Gasteiger charge is -2.09. The molecule has 2 nitrogen and oxygen atoms in total. The van der Waals surface area contributed by atoms with Crippen molar-refractivity contribution in [3.8, 4) is 0 Å². The highest BCUT2D eigenvalue weighted by Crippen LogP contribution is 2.32. The van der Waals surface area contributed by atoms with Gasteiger partial charge in [-0.05, 0) is 17.7 Å². The zero-order chi connectivity index (χ0) is 11.5. The van der Waals surface area contributed by atoms with Gasteiger partial charge >= 0.3 is 0 Å². The number of thiophene rings is 1. The topological polar surface area (TPSA) is 18.5 Å². The summed E-state index contributed by atoms with van der Waals surface area (Å²) in [7, 11) is 0. The molecule has 1 aromatic heterocycles. The molecular formula is C14H11O2S. The molecule has 0 N–H and O–H groups in total. The van der Waals surface area contributed by atoms with Gasteiger partial charge in [-0.15, -0.1) is 11.3 Å². The van der Waals surface area contributed by atoms with Gasteiger partial charge < -0.3 is 9.47 Å². The van der Waals surface area contributed by atoms with Gasteiger partial charge in [-0.2, -0.15) is 0 Å². The van der Waals surface area contributed by atoms with Gasteiger partial charge in [0.05, 0.1) is 4.88 Å². The van der Waals surface area contributed by atoms with Gasteiger partial charge in [0.15, 0.2) is 0 Å². The minimum absolute atomic E-state index is 0.287. The molecule has 2 aromatic rings. The number of rotatable bonds is 3. The van der Waals surface area contributed by atoms with Crippen LogP contribution >= 0.6 is 11.3 Å². The highest BCUT2D eigenvalue weighted by atomic mass is 32.1. The van der Waals surface area contributed by atoms with Crippen LogP contribution in [0.1, 0.15) is 16.7 Å². The maximum atomic E-state index is 5.74. The van der Waals surface area contributed by atoms with Crippen molar-refractivity contribution in [2.75, 3.05) is 0 Å². The molecule has 0 aliphatic carbocycles. The van der Waals surface area contributed by atoms with E-state index in [0.29, 0.717) is 0 Å². The fourth-order valence-electron chi connectivity index (χ4n) is 1.72. The molecule has 3 rings (SSSR count). The Balaban J connectivity index is 1.65. The number of benzene rings is 1. The first-order chi connectivity index (χ1) is 8.42. The SMILES string of the molecule is [c]1ccc(C2OC=C(Cc3ccccc3)O2)s1. The second-order valence-corrected chi connectivity index (χ2v) is 4.70. The lowest BCUT2D eigenvalue weighted by Crippen LogP contribution is -1.97. The van der Waals surface area contributed by atoms with Crippen molar-refractivity contribution < 1.29 is 9.47 Å². The Labute approximate surface area is 104 Å². The molecule has 1 aliphatic heterocycles. The second kappa shape index (κ2) is 4.63. The zero-order valence-corrected chi connectivity index (χ0v) is 9.94. The molecule has 1 unspecified atom stereocenters. The van der Waals surface area contributed by atoms with Crippen LogP contribution in [0.25, 0.3) is 0 Å². The smallest absolute Gasteiger partial charge is 0.275 e. The van der Waals surface area contributed by atoms with E-state index in [1.54, 1.807) is 6.26 Å². The molecule has 0 spiro atoms. The molecule has 1 aromatic carbocycles. The normalized spacial score (nSPS) is 18.4. The molecule has 85 valence electrons. The summed E-state index contributed by atoms with van der Waals surface area (Å²) in [6.45, 7) is 0. The first kappa shape index (κ1) is 10.4. The molecule has 0 fully saturated rings. The predicted octanol–water partition coefficient (Wildman–Crippen LogP) is 3.68. The molecular weight excluding hydrogens is 232 g/mol. The Hall–Kier alpha value is -1.74. The molecule has 0 bridgehead atoms. The van der Waals surface area contributed by atoms with Crippen LogP contribution in [0.15, 0.2) is 54.5 Å². The van der Waals surface area contributed by atoms with Crippen LogP contribution < -0.4 is 0 Å². The predicted molar refractivity (Wildman–Crippen MR) is 66.3 cm³/mol. The van der Waals surface area contributed by atoms with Crippen molar-refractivity contribution in [2.45, 2.75) is 12.7 Å². The van der Waals surface area contributed by atoms with E-state index < -0.39 is 0 Å². The first-order valence-electron chi connectivity index (χ1n) is 5.43. The van der Waals surface area contributed by atoms with Crippen LogP contribution in [-0.4, -0.2) is 0 Å². The van der Waals surface area contributed by atoms with Crippen LogP contribution in [0, 0.1) is 5.38 Å². The van der Waals surface area contributed by atoms with Gasteiger partial charge in [0.1, 0.15) is 12.0 Å². The van der Waals surface area contributed by atoms with Crippen molar-refractivity contribution in [1.82, 2.24) is 0 Å². The average molecular weight is 243 g/mol. The summed E-state index contributed by atoms with van der Waals surface area (Å²) in [6, 6.07) is 14.1. The molecule has 0 amide bonds. The Bertz CT molecular complexity index is 502. The third-order valence-corrected chi connectivity index (χ3v) is 3.35. The zero-order valence-electron chi connectivity index (χ0n) is 9.13. The molecule has 1 atom stereocenters. The highest BCUT2D eigenvalue weighted by Gasteiger charge is 2.22. The highest BCUT2D eigenvalue weighted by molar-refractivity contribution is 7.09. The van der Waals surface area contributed by atoms with Crippen molar-refractivity contribution in [3.63, 3.8) is 0 Å². The van der Waals surface area contributed by atoms with Crippen molar-refractivity contribution in [1.29, 1.82) is 0 Å². The third kappa shape index (κ3) is 2.34. The lowest BCUT2D eigenvalue weighted by molar-refractivity contribution is -0.0318. The average Bonchev–Trinajstić information content (AvgIpc) is 3.00. The van der Waals surface area contributed by atoms with Crippen LogP contribution in [0.2, 0.25) is 0 Å². The summed E-state index contributed by atoms with van der Waals surface area (Å²) in [5, 5.41) is 3.03. The van der Waals surface area contributed by atoms with Crippen molar-refractivity contribution in [3.05, 3.63) is 70.3 Å². The van der Waals surface area contributed by atoms with E-state index in [1.807, 2.05) is 30.3 Å². The summed E-state index contributed by atoms with van der Waals surface area (Å²) < 4.78 is 11.2. The van der Waals surface area contributed by atoms with E-state index in [2.05, 4.69) is 17.5 Å². The molecule has 3 heteroatoms. The van der Waals surface area contributed by atoms with Crippen molar-refractivity contribution >= 4 is 11.3 Å². The number of allylic oxidation sites excluding steroid dienone is 1. The maximum absolute atomic E-state index is 5.74. The van der Waals surface area contributed by atoms with Crippen LogP contribution in [0.4, 0.5) is 0 Å². The van der Waals surface area contributed by atoms with Gasteiger partial charge in [-0.3, -0.25) is 0 Å². The summed E-state index contributed by atoms with van der Waals surface area (Å²) in [6.07, 6.45) is 2.19. The molecule has 2 heterocycles. The van der Waals surface area contributed by atoms with Gasteiger partial charge in [-0.1, -0.05) is 30.3 Å². The maximum Gasteiger partial charge on any atom is 0.275 e. The Morgan fingerprint density at radius 3 is 2.82 bits per heavy atom. The van der Waals surface area contributed by atoms with Crippen LogP contribution in [0.3, 0.4) is 0 Å². The lowest BCUT2D eigenvalue weighted by atomic mass is 10.1. The van der Waals surface area contributed by atoms with Crippen molar-refractivity contribution in [2.24, 2.45) is 0 Å². The van der Waals surface area contributed by atoms with E-state index in [0.717, 1.165) is 17.1 Å². The summed E-state index contributed by atoms with van der Waals surface area (Å²) >= 11 is 1.52. The quantitative estimate of drug-likeness (QED) is 0.818. The summed E-state index contributed by atoms with van der Waals surface area (Å²) in [4.78, 5) is 1.05. The minimum atomic E-state index is -0.287. The van der Waals surface area contributed by atoms with Gasteiger partial charge in [0.2, 0.25) is 0 Å². The summed E-state index contributed by atoms with van der Waals surface area (Å²) in [5.41, 5.74) is 1.22. The Morgan fingerprint density at radius 1 is 1.18 bits per heavy atom. The molecule has 1 radical (unpaired) electrons. The molecule has 0 saturated carbocycles. The Kier molecular flexibility index (Phi) is 2.84. The van der Waals surface area contributed by atoms with E-state index in [4.69, 9.17) is 9.47 Å². The first-order valence-corrected chi connectivity index (χ1v) is 6.24. The minimum Gasteiger partial charge on any atom is -0.454 e. The van der Waals surface area contributed by atoms with E-state index >= 15 is 0 Å². The summed E-state index contributed by atoms with van der Waals surface area (Å²) in [5.74, 6) is 0.870. The standard InChI is InChI=1S/C14H11O2S/c1-2-5-11(6-3-1)9-12-10-15-14(16-12)13-7-4-8-17-13/h1-7,10,14H,9H2. The monoisotopic (exact) mass is 243 g/mol. The fraction of sp³-hybridized carbons (Fsp3) is 0.143. The number of ether oxygens (including phenoxy) is 2. The van der Waals surface area contributed by atoms with E-state index in [9.17, 15) is 0 Å². The van der Waals surface area contributed by atoms with Crippen LogP contribution in [0.5, 0.6) is 0 Å². The fourth-order valence-corrected chi connectivity index (χ4v) is 2.32. The van der Waals surface area contributed by atoms with Gasteiger partial charge in [0.25, 0.3) is 6.29 Å². The van der Waals surface area contributed by atoms with E-state index in [1.165, 1.54) is 16.9 Å².